The van der Waals surface area contributed by atoms with Crippen LogP contribution in [0.2, 0.25) is 0 Å². The molecule has 1 aliphatic rings. The smallest absolute Gasteiger partial charge is 0.161 e. The molecule has 0 amide bonds. The fraction of sp³-hybridized carbons (Fsp3) is 0.0588. The van der Waals surface area contributed by atoms with Crippen LogP contribution in [-0.4, -0.2) is 21.2 Å². The van der Waals surface area contributed by atoms with Crippen molar-refractivity contribution in [2.45, 2.75) is 6.17 Å². The summed E-state index contributed by atoms with van der Waals surface area (Å²) >= 11 is 1.61. The van der Waals surface area contributed by atoms with Crippen LogP contribution in [0.25, 0.3) is 21.1 Å². The first-order valence-corrected chi connectivity index (χ1v) is 8.00. The van der Waals surface area contributed by atoms with Crippen molar-refractivity contribution in [1.29, 1.82) is 0 Å². The monoisotopic (exact) mass is 319 g/mol. The highest BCUT2D eigenvalue weighted by Gasteiger charge is 2.13. The lowest BCUT2D eigenvalue weighted by molar-refractivity contribution is 0.634. The Bertz CT molecular complexity index is 869. The quantitative estimate of drug-likeness (QED) is 0.803. The van der Waals surface area contributed by atoms with Gasteiger partial charge in [0, 0.05) is 30.4 Å². The van der Waals surface area contributed by atoms with Crippen molar-refractivity contribution in [2.24, 2.45) is 4.99 Å². The van der Waals surface area contributed by atoms with Crippen molar-refractivity contribution in [1.82, 2.24) is 20.3 Å². The number of thiazole rings is 1. The van der Waals surface area contributed by atoms with Gasteiger partial charge in [0.2, 0.25) is 0 Å². The van der Waals surface area contributed by atoms with Gasteiger partial charge < -0.3 is 5.32 Å². The first-order chi connectivity index (χ1) is 11.4. The molecule has 0 spiro atoms. The Kier molecular flexibility index (Phi) is 3.65. The molecule has 0 aliphatic carbocycles. The maximum atomic E-state index is 4.72. The number of hydrogen-bond acceptors (Lipinski definition) is 6. The Morgan fingerprint density at radius 2 is 2.09 bits per heavy atom. The normalized spacial score (nSPS) is 16.3. The first kappa shape index (κ1) is 13.8. The van der Waals surface area contributed by atoms with E-state index >= 15 is 0 Å². The summed E-state index contributed by atoms with van der Waals surface area (Å²) in [7, 11) is 0. The summed E-state index contributed by atoms with van der Waals surface area (Å²) in [4.78, 5) is 18.8. The van der Waals surface area contributed by atoms with E-state index in [1.165, 1.54) is 0 Å². The number of nitrogens with one attached hydrogen (secondary N) is 1. The highest BCUT2D eigenvalue weighted by Crippen LogP contribution is 2.31. The van der Waals surface area contributed by atoms with Gasteiger partial charge in [0.05, 0.1) is 16.3 Å². The van der Waals surface area contributed by atoms with Gasteiger partial charge in [-0.1, -0.05) is 6.07 Å². The molecule has 1 N–H and O–H groups in total. The van der Waals surface area contributed by atoms with Crippen molar-refractivity contribution in [3.8, 4) is 21.1 Å². The van der Waals surface area contributed by atoms with E-state index in [0.717, 1.165) is 26.8 Å². The van der Waals surface area contributed by atoms with Crippen LogP contribution in [0, 0.1) is 0 Å². The minimum absolute atomic E-state index is 0.134. The van der Waals surface area contributed by atoms with E-state index in [0.29, 0.717) is 0 Å². The van der Waals surface area contributed by atoms with Crippen molar-refractivity contribution in [3.63, 3.8) is 0 Å². The second kappa shape index (κ2) is 6.10. The summed E-state index contributed by atoms with van der Waals surface area (Å²) in [5.74, 6) is 0. The minimum Gasteiger partial charge on any atom is -0.365 e. The zero-order valence-corrected chi connectivity index (χ0v) is 12.9. The van der Waals surface area contributed by atoms with Gasteiger partial charge >= 0.3 is 0 Å². The molecule has 4 heterocycles. The second-order valence-corrected chi connectivity index (χ2v) is 5.98. The van der Waals surface area contributed by atoms with Crippen LogP contribution in [-0.2, 0) is 0 Å². The lowest BCUT2D eigenvalue weighted by atomic mass is 10.2. The number of hydrogen-bond donors (Lipinski definition) is 1. The Balaban J connectivity index is 1.65. The molecule has 1 aliphatic heterocycles. The minimum atomic E-state index is -0.134. The van der Waals surface area contributed by atoms with E-state index in [2.05, 4.69) is 20.3 Å². The highest BCUT2D eigenvalue weighted by atomic mass is 32.1. The molecule has 5 nitrogen and oxygen atoms in total. The molecule has 0 bridgehead atoms. The summed E-state index contributed by atoms with van der Waals surface area (Å²) in [6.07, 6.45) is 10.8. The Morgan fingerprint density at radius 3 is 2.91 bits per heavy atom. The third kappa shape index (κ3) is 2.89. The number of aromatic nitrogens is 3. The zero-order chi connectivity index (χ0) is 15.5. The van der Waals surface area contributed by atoms with E-state index in [-0.39, 0.29) is 6.17 Å². The van der Waals surface area contributed by atoms with E-state index in [1.807, 2.05) is 55.0 Å². The van der Waals surface area contributed by atoms with Crippen LogP contribution in [0.3, 0.4) is 0 Å². The van der Waals surface area contributed by atoms with Gasteiger partial charge in [-0.15, -0.1) is 11.3 Å². The molecule has 6 heteroatoms. The van der Waals surface area contributed by atoms with Gasteiger partial charge in [0.1, 0.15) is 5.01 Å². The molecule has 1 unspecified atom stereocenters. The molecule has 4 rings (SSSR count). The van der Waals surface area contributed by atoms with Gasteiger partial charge in [0.25, 0.3) is 0 Å². The number of pyridine rings is 2. The lowest BCUT2D eigenvalue weighted by Crippen LogP contribution is -2.17. The zero-order valence-electron chi connectivity index (χ0n) is 12.1. The summed E-state index contributed by atoms with van der Waals surface area (Å²) in [6, 6.07) is 9.88. The number of aliphatic imine (C=N–C) groups is 1. The van der Waals surface area contributed by atoms with Crippen LogP contribution in [0.5, 0.6) is 0 Å². The van der Waals surface area contributed by atoms with Crippen molar-refractivity contribution >= 4 is 17.6 Å². The predicted octanol–water partition coefficient (Wildman–Crippen LogP) is 3.45. The second-order valence-electron chi connectivity index (χ2n) is 4.95. The maximum Gasteiger partial charge on any atom is 0.161 e. The number of rotatable bonds is 3. The molecule has 0 fully saturated rings. The van der Waals surface area contributed by atoms with E-state index in [9.17, 15) is 0 Å². The molecule has 0 saturated carbocycles. The molecular weight excluding hydrogens is 306 g/mol. The van der Waals surface area contributed by atoms with Crippen molar-refractivity contribution in [3.05, 3.63) is 66.9 Å². The molecule has 3 aromatic rings. The predicted molar refractivity (Wildman–Crippen MR) is 92.1 cm³/mol. The summed E-state index contributed by atoms with van der Waals surface area (Å²) in [6.45, 7) is 0. The molecule has 1 atom stereocenters. The third-order valence-corrected chi connectivity index (χ3v) is 4.46. The SMILES string of the molecule is C1=CNC(c2cccc(-c3cnc(-c4cccnc4)s3)n2)N=C1. The Labute approximate surface area is 137 Å². The van der Waals surface area contributed by atoms with Gasteiger partial charge in [-0.2, -0.15) is 0 Å². The first-order valence-electron chi connectivity index (χ1n) is 7.18. The topological polar surface area (TPSA) is 63.1 Å². The summed E-state index contributed by atoms with van der Waals surface area (Å²) in [5.41, 5.74) is 2.81. The molecule has 23 heavy (non-hydrogen) atoms. The Morgan fingerprint density at radius 1 is 1.09 bits per heavy atom. The molecule has 3 aromatic heterocycles. The van der Waals surface area contributed by atoms with E-state index < -0.39 is 0 Å². The third-order valence-electron chi connectivity index (χ3n) is 3.39. The van der Waals surface area contributed by atoms with Crippen molar-refractivity contribution < 1.29 is 0 Å². The number of nitrogens with zero attached hydrogens (tertiary/aromatic N) is 4. The van der Waals surface area contributed by atoms with Gasteiger partial charge in [-0.3, -0.25) is 9.98 Å². The largest absolute Gasteiger partial charge is 0.365 e. The average Bonchev–Trinajstić information content (AvgIpc) is 3.14. The molecule has 0 saturated heterocycles. The van der Waals surface area contributed by atoms with Crippen LogP contribution in [0.4, 0.5) is 0 Å². The molecular formula is C17H13N5S. The van der Waals surface area contributed by atoms with Gasteiger partial charge in [-0.05, 0) is 36.5 Å². The standard InChI is InChI=1S/C17H13N5S/c1-5-13(22-14(6-1)16-19-8-3-9-20-16)15-11-21-17(23-15)12-4-2-7-18-10-12/h1-11,16,19H. The van der Waals surface area contributed by atoms with Gasteiger partial charge in [-0.25, -0.2) is 9.97 Å². The van der Waals surface area contributed by atoms with Crippen LogP contribution in [0.1, 0.15) is 11.9 Å². The van der Waals surface area contributed by atoms with Gasteiger partial charge in [0.15, 0.2) is 6.17 Å². The number of allylic oxidation sites excluding steroid dienone is 1. The van der Waals surface area contributed by atoms with Crippen LogP contribution in [0.15, 0.2) is 66.2 Å². The van der Waals surface area contributed by atoms with E-state index in [4.69, 9.17) is 4.98 Å². The molecule has 112 valence electrons. The summed E-state index contributed by atoms with van der Waals surface area (Å²) in [5, 5.41) is 4.13. The highest BCUT2D eigenvalue weighted by molar-refractivity contribution is 7.18. The Hall–Kier alpha value is -2.86. The van der Waals surface area contributed by atoms with E-state index in [1.54, 1.807) is 23.7 Å². The lowest BCUT2D eigenvalue weighted by Gasteiger charge is -2.14. The fourth-order valence-electron chi connectivity index (χ4n) is 2.29. The fourth-order valence-corrected chi connectivity index (χ4v) is 3.16. The summed E-state index contributed by atoms with van der Waals surface area (Å²) < 4.78 is 0. The molecule has 0 aromatic carbocycles. The van der Waals surface area contributed by atoms with Crippen LogP contribution < -0.4 is 5.32 Å². The van der Waals surface area contributed by atoms with Crippen molar-refractivity contribution in [2.75, 3.05) is 0 Å². The molecule has 0 radical (unpaired) electrons. The van der Waals surface area contributed by atoms with Crippen LogP contribution >= 0.6 is 11.3 Å². The maximum absolute atomic E-state index is 4.72. The average molecular weight is 319 g/mol.